The average molecular weight is 261 g/mol. The van der Waals surface area contributed by atoms with Crippen LogP contribution in [0.3, 0.4) is 0 Å². The molecule has 0 bridgehead atoms. The van der Waals surface area contributed by atoms with Crippen LogP contribution in [0, 0.1) is 0 Å². The fourth-order valence-corrected chi connectivity index (χ4v) is 3.10. The zero-order valence-corrected chi connectivity index (χ0v) is 12.4. The molecule has 1 fully saturated rings. The van der Waals surface area contributed by atoms with Gasteiger partial charge < -0.3 is 10.2 Å². The Morgan fingerprint density at radius 1 is 1.26 bits per heavy atom. The highest BCUT2D eigenvalue weighted by Gasteiger charge is 2.21. The Morgan fingerprint density at radius 3 is 2.74 bits per heavy atom. The highest BCUT2D eigenvalue weighted by Crippen LogP contribution is 2.28. The quantitative estimate of drug-likeness (QED) is 0.851. The summed E-state index contributed by atoms with van der Waals surface area (Å²) in [6.45, 7) is 7.45. The molecule has 1 aliphatic rings. The molecule has 0 amide bonds. The van der Waals surface area contributed by atoms with E-state index in [9.17, 15) is 0 Å². The number of nitrogens with one attached hydrogen (secondary N) is 1. The fraction of sp³-hybridized carbons (Fsp3) is 0.688. The predicted octanol–water partition coefficient (Wildman–Crippen LogP) is 3.35. The second-order valence-corrected chi connectivity index (χ2v) is 5.36. The molecule has 0 unspecified atom stereocenters. The minimum absolute atomic E-state index is 0.711. The topological polar surface area (TPSA) is 28.2 Å². The van der Waals surface area contributed by atoms with Crippen LogP contribution in [0.5, 0.6) is 0 Å². The molecule has 0 spiro atoms. The van der Waals surface area contributed by atoms with Gasteiger partial charge in [-0.25, -0.2) is 0 Å². The second-order valence-electron chi connectivity index (χ2n) is 5.36. The van der Waals surface area contributed by atoms with E-state index in [4.69, 9.17) is 0 Å². The molecule has 1 aromatic heterocycles. The third kappa shape index (κ3) is 3.69. The summed E-state index contributed by atoms with van der Waals surface area (Å²) < 4.78 is 0. The molecule has 3 heteroatoms. The highest BCUT2D eigenvalue weighted by atomic mass is 15.2. The maximum Gasteiger partial charge on any atom is 0.0600 e. The molecule has 1 saturated carbocycles. The molecule has 2 rings (SSSR count). The van der Waals surface area contributed by atoms with Crippen molar-refractivity contribution in [3.8, 4) is 0 Å². The first-order chi connectivity index (χ1) is 9.36. The summed E-state index contributed by atoms with van der Waals surface area (Å²) in [6.07, 6.45) is 10.8. The third-order valence-corrected chi connectivity index (χ3v) is 4.12. The first kappa shape index (κ1) is 14.3. The Hall–Kier alpha value is -1.09. The van der Waals surface area contributed by atoms with E-state index in [1.54, 1.807) is 0 Å². The zero-order chi connectivity index (χ0) is 13.5. The lowest BCUT2D eigenvalue weighted by Gasteiger charge is -2.36. The van der Waals surface area contributed by atoms with Gasteiger partial charge in [0.1, 0.15) is 0 Å². The molecule has 1 N–H and O–H groups in total. The molecule has 1 aromatic rings. The highest BCUT2D eigenvalue weighted by molar-refractivity contribution is 5.52. The average Bonchev–Trinajstić information content (AvgIpc) is 2.48. The standard InChI is InChI=1S/C16H27N3/c1-3-17-12-14-10-11-18-13-16(14)19(4-2)15-8-6-5-7-9-15/h10-11,13,15,17H,3-9,12H2,1-2H3. The van der Waals surface area contributed by atoms with E-state index in [0.717, 1.165) is 19.6 Å². The van der Waals surface area contributed by atoms with Crippen molar-refractivity contribution < 1.29 is 0 Å². The molecule has 0 saturated heterocycles. The summed E-state index contributed by atoms with van der Waals surface area (Å²) in [5.74, 6) is 0. The van der Waals surface area contributed by atoms with Crippen LogP contribution in [0.15, 0.2) is 18.5 Å². The lowest BCUT2D eigenvalue weighted by molar-refractivity contribution is 0.417. The van der Waals surface area contributed by atoms with Crippen LogP contribution in [-0.4, -0.2) is 24.1 Å². The van der Waals surface area contributed by atoms with Gasteiger partial charge in [-0.2, -0.15) is 0 Å². The van der Waals surface area contributed by atoms with Crippen molar-refractivity contribution in [3.05, 3.63) is 24.0 Å². The summed E-state index contributed by atoms with van der Waals surface area (Å²) in [5, 5.41) is 3.43. The monoisotopic (exact) mass is 261 g/mol. The van der Waals surface area contributed by atoms with Crippen LogP contribution in [0.2, 0.25) is 0 Å². The lowest BCUT2D eigenvalue weighted by atomic mass is 9.93. The first-order valence-electron chi connectivity index (χ1n) is 7.77. The van der Waals surface area contributed by atoms with E-state index in [2.05, 4.69) is 35.1 Å². The summed E-state index contributed by atoms with van der Waals surface area (Å²) in [7, 11) is 0. The molecule has 0 atom stereocenters. The van der Waals surface area contributed by atoms with E-state index in [1.165, 1.54) is 43.4 Å². The number of anilines is 1. The van der Waals surface area contributed by atoms with Gasteiger partial charge in [0.25, 0.3) is 0 Å². The summed E-state index contributed by atoms with van der Waals surface area (Å²) in [6, 6.07) is 2.87. The maximum atomic E-state index is 4.35. The minimum atomic E-state index is 0.711. The maximum absolute atomic E-state index is 4.35. The summed E-state index contributed by atoms with van der Waals surface area (Å²) in [4.78, 5) is 6.92. The molecule has 1 heterocycles. The van der Waals surface area contributed by atoms with Crippen LogP contribution in [0.1, 0.15) is 51.5 Å². The van der Waals surface area contributed by atoms with Crippen LogP contribution < -0.4 is 10.2 Å². The predicted molar refractivity (Wildman–Crippen MR) is 81.5 cm³/mol. The fourth-order valence-electron chi connectivity index (χ4n) is 3.10. The van der Waals surface area contributed by atoms with Crippen molar-refractivity contribution in [3.63, 3.8) is 0 Å². The second kappa shape index (κ2) is 7.49. The normalized spacial score (nSPS) is 16.5. The number of hydrogen-bond acceptors (Lipinski definition) is 3. The van der Waals surface area contributed by atoms with Gasteiger partial charge in [-0.3, -0.25) is 4.98 Å². The Labute approximate surface area is 117 Å². The van der Waals surface area contributed by atoms with Crippen molar-refractivity contribution in [2.45, 2.75) is 58.5 Å². The molecule has 106 valence electrons. The van der Waals surface area contributed by atoms with Gasteiger partial charge >= 0.3 is 0 Å². The van der Waals surface area contributed by atoms with Gasteiger partial charge in [-0.05, 0) is 37.9 Å². The van der Waals surface area contributed by atoms with Gasteiger partial charge in [0.15, 0.2) is 0 Å². The van der Waals surface area contributed by atoms with E-state index >= 15 is 0 Å². The Bertz CT molecular complexity index is 372. The number of hydrogen-bond donors (Lipinski definition) is 1. The van der Waals surface area contributed by atoms with Crippen LogP contribution in [0.25, 0.3) is 0 Å². The molecule has 1 aliphatic carbocycles. The van der Waals surface area contributed by atoms with Gasteiger partial charge in [-0.15, -0.1) is 0 Å². The van der Waals surface area contributed by atoms with Gasteiger partial charge in [0.2, 0.25) is 0 Å². The van der Waals surface area contributed by atoms with Gasteiger partial charge in [0, 0.05) is 25.3 Å². The lowest BCUT2D eigenvalue weighted by Crippen LogP contribution is -2.37. The van der Waals surface area contributed by atoms with Crippen molar-refractivity contribution in [2.24, 2.45) is 0 Å². The first-order valence-corrected chi connectivity index (χ1v) is 7.77. The molecular weight excluding hydrogens is 234 g/mol. The summed E-state index contributed by atoms with van der Waals surface area (Å²) >= 11 is 0. The van der Waals surface area contributed by atoms with Crippen LogP contribution in [-0.2, 0) is 6.54 Å². The smallest absolute Gasteiger partial charge is 0.0600 e. The number of aromatic nitrogens is 1. The zero-order valence-electron chi connectivity index (χ0n) is 12.4. The molecule has 19 heavy (non-hydrogen) atoms. The van der Waals surface area contributed by atoms with Crippen molar-refractivity contribution >= 4 is 5.69 Å². The van der Waals surface area contributed by atoms with Crippen LogP contribution >= 0.6 is 0 Å². The van der Waals surface area contributed by atoms with Crippen LogP contribution in [0.4, 0.5) is 5.69 Å². The molecule has 0 radical (unpaired) electrons. The minimum Gasteiger partial charge on any atom is -0.367 e. The Balaban J connectivity index is 2.16. The van der Waals surface area contributed by atoms with Gasteiger partial charge in [0.05, 0.1) is 11.9 Å². The van der Waals surface area contributed by atoms with E-state index in [-0.39, 0.29) is 0 Å². The van der Waals surface area contributed by atoms with Crippen molar-refractivity contribution in [1.29, 1.82) is 0 Å². The molecule has 0 aliphatic heterocycles. The SMILES string of the molecule is CCNCc1ccncc1N(CC)C1CCCCC1. The summed E-state index contributed by atoms with van der Waals surface area (Å²) in [5.41, 5.74) is 2.71. The van der Waals surface area contributed by atoms with Crippen molar-refractivity contribution in [2.75, 3.05) is 18.0 Å². The van der Waals surface area contributed by atoms with E-state index in [0.29, 0.717) is 6.04 Å². The third-order valence-electron chi connectivity index (χ3n) is 4.12. The van der Waals surface area contributed by atoms with E-state index < -0.39 is 0 Å². The Morgan fingerprint density at radius 2 is 2.05 bits per heavy atom. The van der Waals surface area contributed by atoms with Crippen molar-refractivity contribution in [1.82, 2.24) is 10.3 Å². The molecule has 3 nitrogen and oxygen atoms in total. The van der Waals surface area contributed by atoms with Gasteiger partial charge in [-0.1, -0.05) is 26.2 Å². The number of pyridine rings is 1. The Kier molecular flexibility index (Phi) is 5.64. The largest absolute Gasteiger partial charge is 0.367 e. The molecular formula is C16H27N3. The number of nitrogens with zero attached hydrogens (tertiary/aromatic N) is 2. The molecule has 0 aromatic carbocycles. The van der Waals surface area contributed by atoms with E-state index in [1.807, 2.05) is 12.4 Å². The number of rotatable bonds is 6.